The van der Waals surface area contributed by atoms with Crippen LogP contribution in [0.5, 0.6) is 0 Å². The number of nitrogens with one attached hydrogen (secondary N) is 2. The van der Waals surface area contributed by atoms with Gasteiger partial charge in [-0.25, -0.2) is 5.84 Å². The lowest BCUT2D eigenvalue weighted by atomic mass is 10.3. The molecule has 0 radical (unpaired) electrons. The van der Waals surface area contributed by atoms with Gasteiger partial charge in [0.2, 0.25) is 0 Å². The second-order valence-corrected chi connectivity index (χ2v) is 2.51. The average Bonchev–Trinajstić information content (AvgIpc) is 2.17. The molecule has 0 fully saturated rings. The van der Waals surface area contributed by atoms with Crippen LogP contribution in [0.15, 0.2) is 42.2 Å². The average molecular weight is 192 g/mol. The molecule has 0 aliphatic heterocycles. The number of anilines is 1. The third-order valence-corrected chi connectivity index (χ3v) is 1.47. The van der Waals surface area contributed by atoms with E-state index in [9.17, 15) is 9.90 Å². The van der Waals surface area contributed by atoms with Gasteiger partial charge in [-0.2, -0.15) is 0 Å². The highest BCUT2D eigenvalue weighted by Gasteiger charge is 1.94. The Morgan fingerprint density at radius 2 is 2.00 bits per heavy atom. The summed E-state index contributed by atoms with van der Waals surface area (Å²) in [6.07, 6.45) is 0.840. The van der Waals surface area contributed by atoms with Crippen LogP contribution in [0.4, 0.5) is 5.69 Å². The van der Waals surface area contributed by atoms with E-state index in [2.05, 4.69) is 10.7 Å². The predicted octanol–water partition coefficient (Wildman–Crippen LogP) is -0.847. The SMILES string of the molecule is NN/C(=C\C(=O)[O-])Nc1ccccc1. The van der Waals surface area contributed by atoms with Crippen molar-refractivity contribution < 1.29 is 9.90 Å². The molecule has 0 saturated heterocycles. The Hall–Kier alpha value is -2.01. The van der Waals surface area contributed by atoms with Gasteiger partial charge in [-0.05, 0) is 12.1 Å². The molecule has 0 aliphatic rings. The molecule has 5 heteroatoms. The molecule has 74 valence electrons. The van der Waals surface area contributed by atoms with Crippen molar-refractivity contribution in [2.24, 2.45) is 5.84 Å². The van der Waals surface area contributed by atoms with Crippen LogP contribution < -0.4 is 21.7 Å². The summed E-state index contributed by atoms with van der Waals surface area (Å²) in [4.78, 5) is 10.2. The first-order valence-corrected chi connectivity index (χ1v) is 3.93. The number of carboxylic acid groups (broad SMARTS) is 1. The number of benzene rings is 1. The molecule has 5 nitrogen and oxygen atoms in total. The minimum absolute atomic E-state index is 0.163. The van der Waals surface area contributed by atoms with Crippen molar-refractivity contribution in [1.82, 2.24) is 5.43 Å². The number of hydrogen-bond donors (Lipinski definition) is 3. The van der Waals surface area contributed by atoms with Crippen LogP contribution in [0.1, 0.15) is 0 Å². The standard InChI is InChI=1S/C9H11N3O2/c10-12-8(6-9(13)14)11-7-4-2-1-3-5-7/h1-6,11-12H,10H2,(H,13,14)/p-1/b8-6-. The third-order valence-electron chi connectivity index (χ3n) is 1.47. The topological polar surface area (TPSA) is 90.2 Å². The number of hydrogen-bond acceptors (Lipinski definition) is 5. The van der Waals surface area contributed by atoms with Crippen molar-refractivity contribution in [3.05, 3.63) is 42.2 Å². The van der Waals surface area contributed by atoms with Crippen molar-refractivity contribution in [3.8, 4) is 0 Å². The smallest absolute Gasteiger partial charge is 0.119 e. The molecule has 0 unspecified atom stereocenters. The van der Waals surface area contributed by atoms with E-state index in [1.807, 2.05) is 18.2 Å². The molecule has 0 aromatic heterocycles. The van der Waals surface area contributed by atoms with E-state index in [0.717, 1.165) is 11.8 Å². The van der Waals surface area contributed by atoms with Gasteiger partial charge in [0.05, 0.1) is 5.97 Å². The van der Waals surface area contributed by atoms with Gasteiger partial charge in [-0.1, -0.05) is 18.2 Å². The van der Waals surface area contributed by atoms with Gasteiger partial charge in [0, 0.05) is 11.8 Å². The molecule has 14 heavy (non-hydrogen) atoms. The summed E-state index contributed by atoms with van der Waals surface area (Å²) in [5.74, 6) is 3.94. The fraction of sp³-hybridized carbons (Fsp3) is 0. The molecule has 0 aliphatic carbocycles. The summed E-state index contributed by atoms with van der Waals surface area (Å²) in [5.41, 5.74) is 2.95. The Bertz CT molecular complexity index is 335. The Morgan fingerprint density at radius 3 is 2.50 bits per heavy atom. The molecular formula is C9H10N3O2-. The molecule has 1 aromatic carbocycles. The number of rotatable bonds is 4. The molecule has 0 heterocycles. The van der Waals surface area contributed by atoms with Crippen molar-refractivity contribution in [2.75, 3.05) is 5.32 Å². The Labute approximate surface area is 81.2 Å². The van der Waals surface area contributed by atoms with Gasteiger partial charge in [0.25, 0.3) is 0 Å². The summed E-state index contributed by atoms with van der Waals surface area (Å²) in [6, 6.07) is 9.04. The fourth-order valence-electron chi connectivity index (χ4n) is 0.909. The minimum atomic E-state index is -1.32. The maximum Gasteiger partial charge on any atom is 0.119 e. The largest absolute Gasteiger partial charge is 0.545 e. The number of carbonyl (C=O) groups is 1. The quantitative estimate of drug-likeness (QED) is 0.328. The highest BCUT2D eigenvalue weighted by atomic mass is 16.4. The third kappa shape index (κ3) is 3.16. The number of aliphatic carboxylic acids is 1. The van der Waals surface area contributed by atoms with Crippen LogP contribution in [0.25, 0.3) is 0 Å². The first-order valence-electron chi connectivity index (χ1n) is 3.93. The predicted molar refractivity (Wildman–Crippen MR) is 50.5 cm³/mol. The van der Waals surface area contributed by atoms with Crippen LogP contribution >= 0.6 is 0 Å². The Kier molecular flexibility index (Phi) is 3.51. The zero-order valence-corrected chi connectivity index (χ0v) is 7.36. The van der Waals surface area contributed by atoms with Crippen LogP contribution in [0.3, 0.4) is 0 Å². The van der Waals surface area contributed by atoms with E-state index in [4.69, 9.17) is 5.84 Å². The molecule has 0 atom stereocenters. The van der Waals surface area contributed by atoms with Crippen LogP contribution in [0, 0.1) is 0 Å². The highest BCUT2D eigenvalue weighted by Crippen LogP contribution is 2.06. The number of nitrogens with two attached hydrogens (primary N) is 1. The van der Waals surface area contributed by atoms with E-state index in [1.54, 1.807) is 12.1 Å². The lowest BCUT2D eigenvalue weighted by Crippen LogP contribution is -2.30. The van der Waals surface area contributed by atoms with Gasteiger partial charge in [0.15, 0.2) is 0 Å². The normalized spacial score (nSPS) is 10.8. The molecule has 0 amide bonds. The minimum Gasteiger partial charge on any atom is -0.545 e. The molecule has 0 saturated carbocycles. The van der Waals surface area contributed by atoms with Crippen molar-refractivity contribution in [2.45, 2.75) is 0 Å². The number of hydrazine groups is 1. The van der Waals surface area contributed by atoms with Crippen LogP contribution in [0.2, 0.25) is 0 Å². The second-order valence-electron chi connectivity index (χ2n) is 2.51. The van der Waals surface area contributed by atoms with Gasteiger partial charge < -0.3 is 20.6 Å². The molecule has 0 bridgehead atoms. The molecule has 1 rings (SSSR count). The Morgan fingerprint density at radius 1 is 1.36 bits per heavy atom. The summed E-state index contributed by atoms with van der Waals surface area (Å²) in [7, 11) is 0. The van der Waals surface area contributed by atoms with E-state index < -0.39 is 5.97 Å². The summed E-state index contributed by atoms with van der Waals surface area (Å²) in [5, 5.41) is 13.0. The van der Waals surface area contributed by atoms with Gasteiger partial charge in [-0.3, -0.25) is 0 Å². The van der Waals surface area contributed by atoms with E-state index >= 15 is 0 Å². The number of para-hydroxylation sites is 1. The van der Waals surface area contributed by atoms with E-state index in [-0.39, 0.29) is 5.82 Å². The molecular weight excluding hydrogens is 182 g/mol. The lowest BCUT2D eigenvalue weighted by Gasteiger charge is -2.10. The zero-order chi connectivity index (χ0) is 10.4. The van der Waals surface area contributed by atoms with E-state index in [1.165, 1.54) is 0 Å². The van der Waals surface area contributed by atoms with Crippen LogP contribution in [-0.4, -0.2) is 5.97 Å². The van der Waals surface area contributed by atoms with E-state index in [0.29, 0.717) is 0 Å². The summed E-state index contributed by atoms with van der Waals surface area (Å²) >= 11 is 0. The highest BCUT2D eigenvalue weighted by molar-refractivity contribution is 5.79. The first-order chi connectivity index (χ1) is 6.72. The summed E-state index contributed by atoms with van der Waals surface area (Å²) < 4.78 is 0. The zero-order valence-electron chi connectivity index (χ0n) is 7.36. The van der Waals surface area contributed by atoms with Crippen molar-refractivity contribution >= 4 is 11.7 Å². The second kappa shape index (κ2) is 4.88. The van der Waals surface area contributed by atoms with Crippen LogP contribution in [-0.2, 0) is 4.79 Å². The van der Waals surface area contributed by atoms with Gasteiger partial charge in [-0.15, -0.1) is 0 Å². The Balaban J connectivity index is 2.71. The number of carboxylic acids is 1. The molecule has 0 spiro atoms. The monoisotopic (exact) mass is 192 g/mol. The first kappa shape index (κ1) is 10.1. The van der Waals surface area contributed by atoms with Gasteiger partial charge >= 0.3 is 0 Å². The van der Waals surface area contributed by atoms with Crippen molar-refractivity contribution in [3.63, 3.8) is 0 Å². The fourth-order valence-corrected chi connectivity index (χ4v) is 0.909. The molecule has 4 N–H and O–H groups in total. The molecule has 1 aromatic rings. The van der Waals surface area contributed by atoms with Crippen molar-refractivity contribution in [1.29, 1.82) is 0 Å². The van der Waals surface area contributed by atoms with Gasteiger partial charge in [0.1, 0.15) is 5.82 Å². The lowest BCUT2D eigenvalue weighted by molar-refractivity contribution is -0.297. The maximum atomic E-state index is 10.2. The number of carbonyl (C=O) groups excluding carboxylic acids is 1. The summed E-state index contributed by atoms with van der Waals surface area (Å²) in [6.45, 7) is 0. The maximum absolute atomic E-state index is 10.2.